The lowest BCUT2D eigenvalue weighted by Gasteiger charge is -2.26. The monoisotopic (exact) mass is 308 g/mol. The number of anilines is 1. The zero-order chi connectivity index (χ0) is 14.3. The summed E-state index contributed by atoms with van der Waals surface area (Å²) in [4.78, 5) is 2.17. The lowest BCUT2D eigenvalue weighted by Crippen LogP contribution is -2.27. The molecule has 1 aliphatic heterocycles. The SMILES string of the molecule is NCC1c2c(Cl)cc(Cl)cc2CN1c1ccc(O)cc1. The van der Waals surface area contributed by atoms with Crippen LogP contribution in [0, 0.1) is 0 Å². The number of nitrogens with two attached hydrogens (primary N) is 1. The summed E-state index contributed by atoms with van der Waals surface area (Å²) >= 11 is 12.4. The summed E-state index contributed by atoms with van der Waals surface area (Å²) in [6.07, 6.45) is 0. The number of hydrogen-bond donors (Lipinski definition) is 2. The van der Waals surface area contributed by atoms with Crippen molar-refractivity contribution >= 4 is 28.9 Å². The van der Waals surface area contributed by atoms with Gasteiger partial charge in [0.15, 0.2) is 0 Å². The molecule has 1 aliphatic rings. The largest absolute Gasteiger partial charge is 0.508 e. The van der Waals surface area contributed by atoms with Crippen LogP contribution in [-0.2, 0) is 6.54 Å². The number of aromatic hydroxyl groups is 1. The summed E-state index contributed by atoms with van der Waals surface area (Å²) in [5.41, 5.74) is 9.08. The van der Waals surface area contributed by atoms with Gasteiger partial charge in [-0.3, -0.25) is 0 Å². The van der Waals surface area contributed by atoms with Crippen molar-refractivity contribution in [2.45, 2.75) is 12.6 Å². The van der Waals surface area contributed by atoms with Gasteiger partial charge in [-0.15, -0.1) is 0 Å². The van der Waals surface area contributed by atoms with Gasteiger partial charge in [0.25, 0.3) is 0 Å². The van der Waals surface area contributed by atoms with E-state index in [9.17, 15) is 5.11 Å². The van der Waals surface area contributed by atoms with Gasteiger partial charge in [-0.1, -0.05) is 23.2 Å². The van der Waals surface area contributed by atoms with E-state index in [0.29, 0.717) is 23.1 Å². The second-order valence-electron chi connectivity index (χ2n) is 4.86. The van der Waals surface area contributed by atoms with Crippen molar-refractivity contribution in [3.63, 3.8) is 0 Å². The summed E-state index contributed by atoms with van der Waals surface area (Å²) in [7, 11) is 0. The second-order valence-corrected chi connectivity index (χ2v) is 5.70. The van der Waals surface area contributed by atoms with Gasteiger partial charge in [-0.25, -0.2) is 0 Å². The minimum Gasteiger partial charge on any atom is -0.508 e. The third-order valence-corrected chi connectivity index (χ3v) is 4.17. The van der Waals surface area contributed by atoms with Gasteiger partial charge in [0.05, 0.1) is 6.04 Å². The number of phenols is 1. The van der Waals surface area contributed by atoms with Gasteiger partial charge in [-0.2, -0.15) is 0 Å². The molecular weight excluding hydrogens is 295 g/mol. The second kappa shape index (κ2) is 5.17. The number of rotatable bonds is 2. The zero-order valence-corrected chi connectivity index (χ0v) is 12.2. The zero-order valence-electron chi connectivity index (χ0n) is 10.7. The first-order chi connectivity index (χ1) is 9.60. The van der Waals surface area contributed by atoms with E-state index in [1.165, 1.54) is 0 Å². The van der Waals surface area contributed by atoms with Gasteiger partial charge in [0.2, 0.25) is 0 Å². The number of benzene rings is 2. The van der Waals surface area contributed by atoms with Crippen LogP contribution in [0.1, 0.15) is 17.2 Å². The highest BCUT2D eigenvalue weighted by atomic mass is 35.5. The predicted octanol–water partition coefficient (Wildman–Crippen LogP) is 3.72. The van der Waals surface area contributed by atoms with Gasteiger partial charge in [-0.05, 0) is 47.5 Å². The molecule has 0 spiro atoms. The third-order valence-electron chi connectivity index (χ3n) is 3.63. The average molecular weight is 309 g/mol. The highest BCUT2D eigenvalue weighted by Gasteiger charge is 2.31. The molecule has 3 N–H and O–H groups in total. The third kappa shape index (κ3) is 2.22. The molecule has 0 aliphatic carbocycles. The Morgan fingerprint density at radius 1 is 1.20 bits per heavy atom. The molecule has 5 heteroatoms. The molecule has 0 bridgehead atoms. The summed E-state index contributed by atoms with van der Waals surface area (Å²) in [5, 5.41) is 10.7. The Hall–Kier alpha value is -1.42. The quantitative estimate of drug-likeness (QED) is 0.889. The van der Waals surface area contributed by atoms with Crippen LogP contribution in [-0.4, -0.2) is 11.7 Å². The maximum Gasteiger partial charge on any atom is 0.115 e. The van der Waals surface area contributed by atoms with E-state index in [1.54, 1.807) is 18.2 Å². The molecule has 0 aromatic heterocycles. The molecule has 0 fully saturated rings. The number of hydrogen-bond acceptors (Lipinski definition) is 3. The molecule has 2 aromatic carbocycles. The van der Waals surface area contributed by atoms with E-state index in [4.69, 9.17) is 28.9 Å². The molecule has 0 saturated carbocycles. The van der Waals surface area contributed by atoms with Crippen LogP contribution in [0.15, 0.2) is 36.4 Å². The summed E-state index contributed by atoms with van der Waals surface area (Å²) in [5.74, 6) is 0.246. The lowest BCUT2D eigenvalue weighted by molar-refractivity contribution is 0.475. The maximum atomic E-state index is 9.39. The lowest BCUT2D eigenvalue weighted by atomic mass is 10.0. The topological polar surface area (TPSA) is 49.5 Å². The van der Waals surface area contributed by atoms with Crippen LogP contribution in [0.5, 0.6) is 5.75 Å². The van der Waals surface area contributed by atoms with Crippen LogP contribution in [0.4, 0.5) is 5.69 Å². The Morgan fingerprint density at radius 2 is 1.90 bits per heavy atom. The van der Waals surface area contributed by atoms with Crippen molar-refractivity contribution in [2.75, 3.05) is 11.4 Å². The van der Waals surface area contributed by atoms with Crippen molar-refractivity contribution in [1.29, 1.82) is 0 Å². The fourth-order valence-corrected chi connectivity index (χ4v) is 3.41. The fourth-order valence-electron chi connectivity index (χ4n) is 2.75. The predicted molar refractivity (Wildman–Crippen MR) is 82.5 cm³/mol. The van der Waals surface area contributed by atoms with E-state index < -0.39 is 0 Å². The Labute approximate surface area is 127 Å². The van der Waals surface area contributed by atoms with Crippen molar-refractivity contribution in [1.82, 2.24) is 0 Å². The van der Waals surface area contributed by atoms with E-state index in [2.05, 4.69) is 4.90 Å². The highest BCUT2D eigenvalue weighted by Crippen LogP contribution is 2.42. The van der Waals surface area contributed by atoms with Crippen molar-refractivity contribution in [2.24, 2.45) is 5.73 Å². The van der Waals surface area contributed by atoms with E-state index in [1.807, 2.05) is 18.2 Å². The molecule has 3 rings (SSSR count). The smallest absolute Gasteiger partial charge is 0.115 e. The van der Waals surface area contributed by atoms with E-state index in [-0.39, 0.29) is 11.8 Å². The minimum absolute atomic E-state index is 0.0271. The van der Waals surface area contributed by atoms with Crippen molar-refractivity contribution in [3.8, 4) is 5.75 Å². The molecule has 0 amide bonds. The summed E-state index contributed by atoms with van der Waals surface area (Å²) in [6.45, 7) is 1.18. The molecular formula is C15H14Cl2N2O. The fraction of sp³-hybridized carbons (Fsp3) is 0.200. The van der Waals surface area contributed by atoms with Gasteiger partial charge < -0.3 is 15.7 Å². The number of halogens is 2. The Balaban J connectivity index is 2.04. The first kappa shape index (κ1) is 13.6. The Morgan fingerprint density at radius 3 is 2.55 bits per heavy atom. The minimum atomic E-state index is 0.0271. The molecule has 2 aromatic rings. The molecule has 20 heavy (non-hydrogen) atoms. The van der Waals surface area contributed by atoms with E-state index in [0.717, 1.165) is 16.8 Å². The van der Waals surface area contributed by atoms with Gasteiger partial charge in [0, 0.05) is 28.8 Å². The summed E-state index contributed by atoms with van der Waals surface area (Å²) < 4.78 is 0. The van der Waals surface area contributed by atoms with Crippen LogP contribution >= 0.6 is 23.2 Å². The van der Waals surface area contributed by atoms with Crippen molar-refractivity contribution in [3.05, 3.63) is 57.6 Å². The maximum absolute atomic E-state index is 9.39. The molecule has 104 valence electrons. The molecule has 0 radical (unpaired) electrons. The molecule has 3 nitrogen and oxygen atoms in total. The van der Waals surface area contributed by atoms with Crippen LogP contribution in [0.25, 0.3) is 0 Å². The number of fused-ring (bicyclic) bond motifs is 1. The Bertz CT molecular complexity index is 643. The van der Waals surface area contributed by atoms with Crippen LogP contribution in [0.3, 0.4) is 0 Å². The number of nitrogens with zero attached hydrogens (tertiary/aromatic N) is 1. The first-order valence-electron chi connectivity index (χ1n) is 6.33. The molecule has 1 unspecified atom stereocenters. The van der Waals surface area contributed by atoms with Gasteiger partial charge >= 0.3 is 0 Å². The van der Waals surface area contributed by atoms with E-state index >= 15 is 0 Å². The van der Waals surface area contributed by atoms with Crippen molar-refractivity contribution < 1.29 is 5.11 Å². The standard InChI is InChI=1S/C15H14Cl2N2O/c16-10-5-9-8-19(11-1-3-12(20)4-2-11)14(7-18)15(9)13(17)6-10/h1-6,14,20H,7-8,18H2. The van der Waals surface area contributed by atoms with Gasteiger partial charge in [0.1, 0.15) is 5.75 Å². The molecule has 1 atom stereocenters. The summed E-state index contributed by atoms with van der Waals surface area (Å²) in [6, 6.07) is 10.8. The molecule has 1 heterocycles. The normalized spacial score (nSPS) is 17.4. The highest BCUT2D eigenvalue weighted by molar-refractivity contribution is 6.35. The average Bonchev–Trinajstić information content (AvgIpc) is 2.78. The first-order valence-corrected chi connectivity index (χ1v) is 7.09. The van der Waals surface area contributed by atoms with Crippen LogP contribution < -0.4 is 10.6 Å². The van der Waals surface area contributed by atoms with Crippen LogP contribution in [0.2, 0.25) is 10.0 Å². The number of phenolic OH excluding ortho intramolecular Hbond substituents is 1. The Kier molecular flexibility index (Phi) is 3.50. The molecule has 0 saturated heterocycles.